The first-order chi connectivity index (χ1) is 17.7. The Kier molecular flexibility index (Phi) is 8.37. The summed E-state index contributed by atoms with van der Waals surface area (Å²) in [4.78, 5) is 31.0. The Morgan fingerprint density at radius 2 is 1.64 bits per heavy atom. The third kappa shape index (κ3) is 5.67. The minimum Gasteiger partial charge on any atom is -0.318 e. The van der Waals surface area contributed by atoms with Crippen molar-refractivity contribution in [3.63, 3.8) is 0 Å². The van der Waals surface area contributed by atoms with E-state index in [4.69, 9.17) is 0 Å². The molecule has 0 radical (unpaired) electrons. The number of aromatic nitrogens is 2. The summed E-state index contributed by atoms with van der Waals surface area (Å²) in [5.74, 6) is 2.53. The summed E-state index contributed by atoms with van der Waals surface area (Å²) < 4.78 is 1.90. The second-order valence-electron chi connectivity index (χ2n) is 11.4. The van der Waals surface area contributed by atoms with E-state index in [-0.39, 0.29) is 17.4 Å². The number of hydrogen-bond acceptors (Lipinski definition) is 5. The summed E-state index contributed by atoms with van der Waals surface area (Å²) in [6.45, 7) is 1.02. The van der Waals surface area contributed by atoms with Gasteiger partial charge in [-0.3, -0.25) is 14.5 Å². The summed E-state index contributed by atoms with van der Waals surface area (Å²) in [7, 11) is 1.82. The van der Waals surface area contributed by atoms with Crippen LogP contribution in [0.3, 0.4) is 0 Å². The van der Waals surface area contributed by atoms with Crippen molar-refractivity contribution in [2.45, 2.75) is 95.2 Å². The number of anilines is 1. The van der Waals surface area contributed by atoms with Gasteiger partial charge in [-0.15, -0.1) is 0 Å². The molecule has 1 aromatic heterocycles. The number of nitrogens with one attached hydrogen (secondary N) is 2. The van der Waals surface area contributed by atoms with Crippen LogP contribution in [0.25, 0.3) is 11.0 Å². The molecule has 2 saturated heterocycles. The summed E-state index contributed by atoms with van der Waals surface area (Å²) in [6.07, 6.45) is 17.1. The van der Waals surface area contributed by atoms with Crippen LogP contribution < -0.4 is 21.1 Å². The average molecular weight is 494 g/mol. The number of amides is 1. The van der Waals surface area contributed by atoms with Crippen molar-refractivity contribution in [2.24, 2.45) is 11.8 Å². The number of piperidine rings is 2. The van der Waals surface area contributed by atoms with E-state index in [1.54, 1.807) is 32.1 Å². The summed E-state index contributed by atoms with van der Waals surface area (Å²) >= 11 is 0. The molecule has 2 aliphatic carbocycles. The van der Waals surface area contributed by atoms with Crippen molar-refractivity contribution < 1.29 is 4.79 Å². The zero-order valence-electron chi connectivity index (χ0n) is 21.8. The van der Waals surface area contributed by atoms with Crippen molar-refractivity contribution in [1.82, 2.24) is 20.2 Å². The minimum atomic E-state index is -0.165. The van der Waals surface area contributed by atoms with Crippen molar-refractivity contribution in [3.05, 3.63) is 34.6 Å². The zero-order valence-corrected chi connectivity index (χ0v) is 21.8. The molecule has 2 saturated carbocycles. The number of nitrogens with zero attached hydrogens (tertiary/aromatic N) is 3. The Hall–Kier alpha value is -2.25. The molecule has 3 heterocycles. The predicted molar refractivity (Wildman–Crippen MR) is 145 cm³/mol. The molecule has 2 unspecified atom stereocenters. The number of hydrogen-bond donors (Lipinski definition) is 2. The van der Waals surface area contributed by atoms with Crippen molar-refractivity contribution in [3.8, 4) is 0 Å². The highest BCUT2D eigenvalue weighted by Gasteiger charge is 2.34. The van der Waals surface area contributed by atoms with Gasteiger partial charge in [-0.05, 0) is 63.1 Å². The molecule has 196 valence electrons. The van der Waals surface area contributed by atoms with Crippen LogP contribution in [0.4, 0.5) is 5.82 Å². The highest BCUT2D eigenvalue weighted by atomic mass is 16.1. The van der Waals surface area contributed by atoms with Crippen LogP contribution in [0.2, 0.25) is 0 Å². The minimum absolute atomic E-state index is 0.138. The number of carbonyl (C=O) groups excluding carboxylic acids is 1. The van der Waals surface area contributed by atoms with Gasteiger partial charge in [-0.1, -0.05) is 57.1 Å². The SMILES string of the molecule is C1CC2CCCC(C1)C2.CNCCN(C=O)c1nc2ccccc2n(C2CC3CCCC(C2)N3)c1=O. The van der Waals surface area contributed by atoms with Crippen LogP contribution in [0, 0.1) is 11.8 Å². The van der Waals surface area contributed by atoms with Gasteiger partial charge in [-0.2, -0.15) is 0 Å². The quantitative estimate of drug-likeness (QED) is 0.583. The first kappa shape index (κ1) is 25.4. The van der Waals surface area contributed by atoms with E-state index in [0.717, 1.165) is 35.7 Å². The first-order valence-electron chi connectivity index (χ1n) is 14.3. The first-order valence-corrected chi connectivity index (χ1v) is 14.3. The molecule has 2 atom stereocenters. The van der Waals surface area contributed by atoms with E-state index >= 15 is 0 Å². The van der Waals surface area contributed by atoms with E-state index in [9.17, 15) is 9.59 Å². The third-order valence-electron chi connectivity index (χ3n) is 8.95. The average Bonchev–Trinajstić information content (AvgIpc) is 2.89. The van der Waals surface area contributed by atoms with Gasteiger partial charge < -0.3 is 15.2 Å². The van der Waals surface area contributed by atoms with E-state index in [2.05, 4.69) is 15.6 Å². The molecular weight excluding hydrogens is 450 g/mol. The van der Waals surface area contributed by atoms with Crippen LogP contribution in [0.15, 0.2) is 29.1 Å². The molecule has 0 spiro atoms. The van der Waals surface area contributed by atoms with E-state index in [0.29, 0.717) is 31.6 Å². The van der Waals surface area contributed by atoms with Gasteiger partial charge in [0.2, 0.25) is 12.2 Å². The fourth-order valence-electron chi connectivity index (χ4n) is 7.20. The lowest BCUT2D eigenvalue weighted by Crippen LogP contribution is -2.50. The Labute approximate surface area is 215 Å². The van der Waals surface area contributed by atoms with Crippen molar-refractivity contribution in [1.29, 1.82) is 0 Å². The molecule has 2 aliphatic heterocycles. The maximum atomic E-state index is 13.4. The molecule has 1 amide bonds. The van der Waals surface area contributed by atoms with E-state index in [1.807, 2.05) is 35.9 Å². The van der Waals surface area contributed by atoms with Gasteiger partial charge in [0.05, 0.1) is 11.0 Å². The molecule has 2 aromatic rings. The largest absolute Gasteiger partial charge is 0.318 e. The van der Waals surface area contributed by atoms with E-state index < -0.39 is 0 Å². The molecular formula is C29H43N5O2. The molecule has 6 rings (SSSR count). The van der Waals surface area contributed by atoms with Crippen LogP contribution in [0.1, 0.15) is 83.1 Å². The van der Waals surface area contributed by atoms with Crippen LogP contribution in [-0.4, -0.2) is 48.2 Å². The summed E-state index contributed by atoms with van der Waals surface area (Å²) in [5.41, 5.74) is 1.45. The van der Waals surface area contributed by atoms with Crippen LogP contribution in [0.5, 0.6) is 0 Å². The molecule has 1 aromatic carbocycles. The molecule has 2 N–H and O–H groups in total. The fourth-order valence-corrected chi connectivity index (χ4v) is 7.20. The second-order valence-corrected chi connectivity index (χ2v) is 11.4. The smallest absolute Gasteiger partial charge is 0.294 e. The Morgan fingerprint density at radius 1 is 1.00 bits per heavy atom. The number of carbonyl (C=O) groups is 1. The standard InChI is InChI=1S/C20H27N5O2.C9H16/c1-21-9-10-24(13-26)19-20(27)25(18-8-3-2-7-17(18)23-19)16-11-14-5-4-6-15(12-16)22-14;1-3-8-5-2-6-9(4-1)7-8/h2-3,7-8,13-16,21-22H,4-6,9-12H2,1H3;8-9H,1-7H2. The molecule has 4 aliphatic rings. The van der Waals surface area contributed by atoms with Gasteiger partial charge in [-0.25, -0.2) is 4.98 Å². The second kappa shape index (κ2) is 11.9. The third-order valence-corrected chi connectivity index (χ3v) is 8.95. The monoisotopic (exact) mass is 493 g/mol. The predicted octanol–water partition coefficient (Wildman–Crippen LogP) is 4.40. The molecule has 4 bridgehead atoms. The molecule has 4 fully saturated rings. The summed E-state index contributed by atoms with van der Waals surface area (Å²) in [5, 5.41) is 6.71. The van der Waals surface area contributed by atoms with Gasteiger partial charge >= 0.3 is 0 Å². The van der Waals surface area contributed by atoms with Gasteiger partial charge in [0, 0.05) is 31.2 Å². The maximum absolute atomic E-state index is 13.4. The highest BCUT2D eigenvalue weighted by molar-refractivity contribution is 5.80. The highest BCUT2D eigenvalue weighted by Crippen LogP contribution is 2.39. The lowest BCUT2D eigenvalue weighted by Gasteiger charge is -2.41. The summed E-state index contributed by atoms with van der Waals surface area (Å²) in [6, 6.07) is 8.82. The normalized spacial score (nSPS) is 29.2. The van der Waals surface area contributed by atoms with Crippen molar-refractivity contribution >= 4 is 23.3 Å². The number of para-hydroxylation sites is 2. The number of fused-ring (bicyclic) bond motifs is 5. The lowest BCUT2D eigenvalue weighted by molar-refractivity contribution is -0.107. The Balaban J connectivity index is 0.000000247. The lowest BCUT2D eigenvalue weighted by atomic mass is 9.72. The zero-order chi connectivity index (χ0) is 24.9. The van der Waals surface area contributed by atoms with Crippen LogP contribution in [-0.2, 0) is 4.79 Å². The van der Waals surface area contributed by atoms with Gasteiger partial charge in [0.1, 0.15) is 0 Å². The maximum Gasteiger partial charge on any atom is 0.294 e. The fraction of sp³-hybridized carbons (Fsp3) is 0.690. The van der Waals surface area contributed by atoms with Crippen LogP contribution >= 0.6 is 0 Å². The molecule has 7 nitrogen and oxygen atoms in total. The molecule has 36 heavy (non-hydrogen) atoms. The Bertz CT molecular complexity index is 1050. The topological polar surface area (TPSA) is 79.3 Å². The molecule has 7 heteroatoms. The van der Waals surface area contributed by atoms with Crippen molar-refractivity contribution in [2.75, 3.05) is 25.0 Å². The number of rotatable bonds is 6. The number of benzene rings is 1. The van der Waals surface area contributed by atoms with Gasteiger partial charge in [0.25, 0.3) is 5.56 Å². The Morgan fingerprint density at radius 3 is 2.25 bits per heavy atom. The number of likely N-dealkylation sites (N-methyl/N-ethyl adjacent to an activating group) is 1. The van der Waals surface area contributed by atoms with E-state index in [1.165, 1.54) is 37.0 Å². The van der Waals surface area contributed by atoms with Gasteiger partial charge in [0.15, 0.2) is 0 Å².